The molecule has 0 aliphatic carbocycles. The maximum atomic E-state index is 13.8. The average Bonchev–Trinajstić information content (AvgIpc) is 2.81. The lowest BCUT2D eigenvalue weighted by Gasteiger charge is -2.36. The Labute approximate surface area is 185 Å². The van der Waals surface area contributed by atoms with Crippen molar-refractivity contribution in [3.63, 3.8) is 0 Å². The van der Waals surface area contributed by atoms with Gasteiger partial charge in [0.1, 0.15) is 0 Å². The summed E-state index contributed by atoms with van der Waals surface area (Å²) in [5, 5.41) is 9.34. The highest BCUT2D eigenvalue weighted by Gasteiger charge is 2.27. The van der Waals surface area contributed by atoms with Crippen molar-refractivity contribution in [1.29, 1.82) is 0 Å². The van der Waals surface area contributed by atoms with Gasteiger partial charge in [-0.15, -0.1) is 10.2 Å². The number of rotatable bonds is 5. The van der Waals surface area contributed by atoms with Crippen molar-refractivity contribution in [3.8, 4) is 17.0 Å². The number of anilines is 1. The van der Waals surface area contributed by atoms with Crippen LogP contribution < -0.4 is 9.64 Å². The number of carbonyl (C=O) groups is 1. The van der Waals surface area contributed by atoms with Crippen LogP contribution >= 0.6 is 11.6 Å². The van der Waals surface area contributed by atoms with Crippen LogP contribution in [0, 0.1) is 5.82 Å². The van der Waals surface area contributed by atoms with E-state index in [0.29, 0.717) is 31.2 Å². The lowest BCUT2D eigenvalue weighted by Crippen LogP contribution is -2.52. The molecule has 1 aromatic heterocycles. The molecule has 0 saturated carbocycles. The summed E-state index contributed by atoms with van der Waals surface area (Å²) in [5.41, 5.74) is 1.72. The molecule has 0 N–H and O–H groups in total. The Hall–Kier alpha value is -3.19. The number of nitrogens with zero attached hydrogens (tertiary/aromatic N) is 4. The molecule has 31 heavy (non-hydrogen) atoms. The fourth-order valence-corrected chi connectivity index (χ4v) is 3.59. The average molecular weight is 441 g/mol. The van der Waals surface area contributed by atoms with Crippen molar-refractivity contribution >= 4 is 23.3 Å². The van der Waals surface area contributed by atoms with E-state index in [4.69, 9.17) is 16.3 Å². The third-order valence-electron chi connectivity index (χ3n) is 5.19. The van der Waals surface area contributed by atoms with Crippen LogP contribution in [0.15, 0.2) is 60.7 Å². The number of halogens is 2. The number of amides is 1. The quantitative estimate of drug-likeness (QED) is 0.599. The van der Waals surface area contributed by atoms with Crippen molar-refractivity contribution in [2.24, 2.45) is 0 Å². The maximum absolute atomic E-state index is 13.8. The van der Waals surface area contributed by atoms with Crippen LogP contribution in [0.3, 0.4) is 0 Å². The number of ether oxygens (including phenoxy) is 1. The van der Waals surface area contributed by atoms with Gasteiger partial charge in [0.15, 0.2) is 23.5 Å². The molecular weight excluding hydrogens is 419 g/mol. The van der Waals surface area contributed by atoms with Gasteiger partial charge in [0, 0.05) is 36.8 Å². The molecule has 6 nitrogen and oxygen atoms in total. The smallest absolute Gasteiger partial charge is 0.263 e. The number of hydrogen-bond acceptors (Lipinski definition) is 5. The van der Waals surface area contributed by atoms with Crippen LogP contribution in [0.5, 0.6) is 5.75 Å². The Morgan fingerprint density at radius 2 is 1.71 bits per heavy atom. The monoisotopic (exact) mass is 440 g/mol. The third-order valence-corrected chi connectivity index (χ3v) is 5.45. The normalized spacial score (nSPS) is 14.9. The van der Waals surface area contributed by atoms with Gasteiger partial charge in [-0.1, -0.05) is 35.9 Å². The number of piperazine rings is 1. The minimum Gasteiger partial charge on any atom is -0.478 e. The first-order valence-electron chi connectivity index (χ1n) is 10.1. The molecule has 0 spiro atoms. The molecule has 2 aromatic carbocycles. The van der Waals surface area contributed by atoms with Gasteiger partial charge in [-0.2, -0.15) is 0 Å². The molecule has 2 heterocycles. The zero-order valence-corrected chi connectivity index (χ0v) is 17.8. The molecule has 1 atom stereocenters. The number of benzene rings is 2. The molecule has 1 aliphatic rings. The fraction of sp³-hybridized carbons (Fsp3) is 0.261. The topological polar surface area (TPSA) is 58.6 Å². The summed E-state index contributed by atoms with van der Waals surface area (Å²) in [6.07, 6.45) is -0.762. The highest BCUT2D eigenvalue weighted by atomic mass is 35.5. The van der Waals surface area contributed by atoms with Gasteiger partial charge in [0.2, 0.25) is 0 Å². The molecule has 1 aliphatic heterocycles. The summed E-state index contributed by atoms with van der Waals surface area (Å²) >= 11 is 5.93. The van der Waals surface area contributed by atoms with Crippen molar-refractivity contribution in [1.82, 2.24) is 15.1 Å². The van der Waals surface area contributed by atoms with Crippen LogP contribution in [0.4, 0.5) is 10.2 Å². The molecule has 1 amide bonds. The Morgan fingerprint density at radius 3 is 2.35 bits per heavy atom. The molecule has 8 heteroatoms. The van der Waals surface area contributed by atoms with E-state index in [1.54, 1.807) is 24.0 Å². The fourth-order valence-electron chi connectivity index (χ4n) is 3.46. The predicted molar refractivity (Wildman–Crippen MR) is 118 cm³/mol. The van der Waals surface area contributed by atoms with E-state index >= 15 is 0 Å². The van der Waals surface area contributed by atoms with E-state index < -0.39 is 11.9 Å². The maximum Gasteiger partial charge on any atom is 0.263 e. The predicted octanol–water partition coefficient (Wildman–Crippen LogP) is 4.05. The van der Waals surface area contributed by atoms with Crippen LogP contribution in [0.1, 0.15) is 6.92 Å². The van der Waals surface area contributed by atoms with E-state index in [2.05, 4.69) is 15.1 Å². The highest BCUT2D eigenvalue weighted by Crippen LogP contribution is 2.22. The Kier molecular flexibility index (Phi) is 6.32. The van der Waals surface area contributed by atoms with E-state index in [-0.39, 0.29) is 11.7 Å². The van der Waals surface area contributed by atoms with Gasteiger partial charge in [0.25, 0.3) is 5.91 Å². The molecule has 3 aromatic rings. The van der Waals surface area contributed by atoms with Crippen LogP contribution in [0.25, 0.3) is 11.3 Å². The number of aromatic nitrogens is 2. The summed E-state index contributed by atoms with van der Waals surface area (Å²) < 4.78 is 19.3. The van der Waals surface area contributed by atoms with E-state index in [9.17, 15) is 9.18 Å². The second-order valence-corrected chi connectivity index (χ2v) is 7.72. The Balaban J connectivity index is 1.33. The first kappa shape index (κ1) is 21.1. The van der Waals surface area contributed by atoms with Crippen molar-refractivity contribution in [3.05, 3.63) is 71.5 Å². The molecule has 1 saturated heterocycles. The molecule has 0 radical (unpaired) electrons. The second kappa shape index (κ2) is 9.31. The van der Waals surface area contributed by atoms with Gasteiger partial charge in [0.05, 0.1) is 5.69 Å². The first-order valence-corrected chi connectivity index (χ1v) is 10.4. The minimum absolute atomic E-state index is 0.0815. The summed E-state index contributed by atoms with van der Waals surface area (Å²) in [7, 11) is 0. The number of hydrogen-bond donors (Lipinski definition) is 0. The van der Waals surface area contributed by atoms with Gasteiger partial charge < -0.3 is 14.5 Å². The molecule has 4 rings (SSSR count). The second-order valence-electron chi connectivity index (χ2n) is 7.29. The largest absolute Gasteiger partial charge is 0.478 e. The Morgan fingerprint density at radius 1 is 1.00 bits per heavy atom. The molecular formula is C23H22ClFN4O2. The molecule has 1 fully saturated rings. The number of para-hydroxylation sites is 1. The lowest BCUT2D eigenvalue weighted by atomic mass is 10.1. The minimum atomic E-state index is -0.762. The van der Waals surface area contributed by atoms with E-state index in [0.717, 1.165) is 17.1 Å². The Bertz CT molecular complexity index is 1040. The first-order chi connectivity index (χ1) is 15.0. The molecule has 1 unspecified atom stereocenters. The summed E-state index contributed by atoms with van der Waals surface area (Å²) in [6, 6.07) is 17.4. The SMILES string of the molecule is CC(Oc1ccccc1F)C(=O)N1CCN(c2ccc(-c3ccc(Cl)cc3)nn2)CC1. The van der Waals surface area contributed by atoms with Crippen LogP contribution in [-0.2, 0) is 4.79 Å². The third kappa shape index (κ3) is 4.94. The van der Waals surface area contributed by atoms with Gasteiger partial charge in [-0.25, -0.2) is 4.39 Å². The summed E-state index contributed by atoms with van der Waals surface area (Å²) in [4.78, 5) is 16.5. The lowest BCUT2D eigenvalue weighted by molar-refractivity contribution is -0.138. The highest BCUT2D eigenvalue weighted by molar-refractivity contribution is 6.30. The molecule has 0 bridgehead atoms. The zero-order chi connectivity index (χ0) is 21.8. The van der Waals surface area contributed by atoms with Crippen LogP contribution in [-0.4, -0.2) is 53.3 Å². The standard InChI is InChI=1S/C23H22ClFN4O2/c1-16(31-21-5-3-2-4-19(21)25)23(30)29-14-12-28(13-15-29)22-11-10-20(26-27-22)17-6-8-18(24)9-7-17/h2-11,16H,12-15H2,1H3. The van der Waals surface area contributed by atoms with Crippen LogP contribution in [0.2, 0.25) is 5.02 Å². The van der Waals surface area contributed by atoms with Gasteiger partial charge in [-0.05, 0) is 43.3 Å². The van der Waals surface area contributed by atoms with Crippen molar-refractivity contribution in [2.45, 2.75) is 13.0 Å². The van der Waals surface area contributed by atoms with Gasteiger partial charge >= 0.3 is 0 Å². The van der Waals surface area contributed by atoms with E-state index in [1.165, 1.54) is 12.1 Å². The summed E-state index contributed by atoms with van der Waals surface area (Å²) in [5.74, 6) is 0.207. The summed E-state index contributed by atoms with van der Waals surface area (Å²) in [6.45, 7) is 3.97. The van der Waals surface area contributed by atoms with Crippen molar-refractivity contribution < 1.29 is 13.9 Å². The van der Waals surface area contributed by atoms with E-state index in [1.807, 2.05) is 36.4 Å². The number of carbonyl (C=O) groups excluding carboxylic acids is 1. The van der Waals surface area contributed by atoms with Crippen molar-refractivity contribution in [2.75, 3.05) is 31.1 Å². The molecule has 160 valence electrons. The zero-order valence-electron chi connectivity index (χ0n) is 17.0. The van der Waals surface area contributed by atoms with Gasteiger partial charge in [-0.3, -0.25) is 4.79 Å².